The number of amides is 1. The Balaban J connectivity index is 1.51. The van der Waals surface area contributed by atoms with E-state index in [2.05, 4.69) is 28.3 Å². The van der Waals surface area contributed by atoms with Gasteiger partial charge in [0, 0.05) is 16.0 Å². The zero-order valence-corrected chi connectivity index (χ0v) is 15.9. The molecule has 0 spiro atoms. The van der Waals surface area contributed by atoms with Crippen molar-refractivity contribution in [1.82, 2.24) is 9.97 Å². The Morgan fingerprint density at radius 2 is 2.16 bits per heavy atom. The number of anilines is 1. The average molecular weight is 370 g/mol. The molecule has 0 bridgehead atoms. The van der Waals surface area contributed by atoms with Gasteiger partial charge < -0.3 is 5.32 Å². The average Bonchev–Trinajstić information content (AvgIpc) is 3.18. The van der Waals surface area contributed by atoms with E-state index in [9.17, 15) is 4.79 Å². The molecule has 4 nitrogen and oxygen atoms in total. The summed E-state index contributed by atoms with van der Waals surface area (Å²) in [6.07, 6.45) is 5.07. The van der Waals surface area contributed by atoms with E-state index in [1.54, 1.807) is 17.7 Å². The molecule has 0 unspecified atom stereocenters. The highest BCUT2D eigenvalue weighted by Crippen LogP contribution is 2.40. The molecule has 2 heterocycles. The third-order valence-corrected chi connectivity index (χ3v) is 6.87. The van der Waals surface area contributed by atoms with E-state index in [0.29, 0.717) is 5.75 Å². The highest BCUT2D eigenvalue weighted by atomic mass is 32.2. The quantitative estimate of drug-likeness (QED) is 0.542. The highest BCUT2D eigenvalue weighted by Gasteiger charge is 2.21. The van der Waals surface area contributed by atoms with Crippen molar-refractivity contribution < 1.29 is 4.79 Å². The van der Waals surface area contributed by atoms with E-state index in [1.807, 2.05) is 19.1 Å². The summed E-state index contributed by atoms with van der Waals surface area (Å²) >= 11 is 3.28. The fraction of sp³-hybridized carbons (Fsp3) is 0.316. The van der Waals surface area contributed by atoms with E-state index in [4.69, 9.17) is 0 Å². The van der Waals surface area contributed by atoms with E-state index >= 15 is 0 Å². The number of thioether (sulfide) groups is 1. The molecule has 1 aromatic carbocycles. The standard InChI is InChI=1S/C19H19N3OS2/c1-11-5-3-7-14(12(11)2)22-16(23)9-24-18-17-13-6-4-8-15(13)25-19(17)21-10-20-18/h3,5,7,10H,4,6,8-9H2,1-2H3,(H,22,23). The van der Waals surface area contributed by atoms with Crippen LogP contribution in [0.15, 0.2) is 29.6 Å². The molecule has 0 aliphatic heterocycles. The van der Waals surface area contributed by atoms with Gasteiger partial charge in [0.15, 0.2) is 0 Å². The van der Waals surface area contributed by atoms with Crippen molar-refractivity contribution in [2.45, 2.75) is 38.1 Å². The number of fused-ring (bicyclic) bond motifs is 3. The van der Waals surface area contributed by atoms with Crippen molar-refractivity contribution in [3.8, 4) is 0 Å². The normalized spacial score (nSPS) is 13.2. The predicted molar refractivity (Wildman–Crippen MR) is 105 cm³/mol. The van der Waals surface area contributed by atoms with E-state index in [0.717, 1.165) is 33.9 Å². The van der Waals surface area contributed by atoms with Crippen LogP contribution < -0.4 is 5.32 Å². The summed E-state index contributed by atoms with van der Waals surface area (Å²) in [7, 11) is 0. The van der Waals surface area contributed by atoms with E-state index < -0.39 is 0 Å². The van der Waals surface area contributed by atoms with Crippen LogP contribution in [-0.2, 0) is 17.6 Å². The van der Waals surface area contributed by atoms with Crippen LogP contribution in [0, 0.1) is 13.8 Å². The number of thiophene rings is 1. The minimum Gasteiger partial charge on any atom is -0.325 e. The van der Waals surface area contributed by atoms with Crippen LogP contribution in [0.4, 0.5) is 5.69 Å². The second kappa shape index (κ2) is 6.77. The largest absolute Gasteiger partial charge is 0.325 e. The third-order valence-electron chi connectivity index (χ3n) is 4.69. The lowest BCUT2D eigenvalue weighted by Crippen LogP contribution is -2.15. The molecule has 3 aromatic rings. The van der Waals surface area contributed by atoms with Crippen LogP contribution in [0.2, 0.25) is 0 Å². The van der Waals surface area contributed by atoms with Gasteiger partial charge in [0.2, 0.25) is 5.91 Å². The Kier molecular flexibility index (Phi) is 4.48. The predicted octanol–water partition coefficient (Wildman–Crippen LogP) is 4.53. The molecule has 1 N–H and O–H groups in total. The summed E-state index contributed by atoms with van der Waals surface area (Å²) < 4.78 is 0. The van der Waals surface area contributed by atoms with Crippen molar-refractivity contribution in [2.24, 2.45) is 0 Å². The minimum absolute atomic E-state index is 0.00247. The number of nitrogens with one attached hydrogen (secondary N) is 1. The summed E-state index contributed by atoms with van der Waals surface area (Å²) in [5.41, 5.74) is 4.57. The molecule has 2 aromatic heterocycles. The minimum atomic E-state index is -0.00247. The fourth-order valence-electron chi connectivity index (χ4n) is 3.22. The maximum atomic E-state index is 12.4. The van der Waals surface area contributed by atoms with Gasteiger partial charge in [-0.3, -0.25) is 4.79 Å². The van der Waals surface area contributed by atoms with Crippen molar-refractivity contribution in [3.05, 3.63) is 46.1 Å². The number of hydrogen-bond acceptors (Lipinski definition) is 5. The molecule has 6 heteroatoms. The third kappa shape index (κ3) is 3.16. The first kappa shape index (κ1) is 16.5. The summed E-state index contributed by atoms with van der Waals surface area (Å²) in [5, 5.41) is 5.12. The first-order valence-electron chi connectivity index (χ1n) is 8.37. The van der Waals surface area contributed by atoms with Gasteiger partial charge in [0.1, 0.15) is 16.2 Å². The van der Waals surface area contributed by atoms with Gasteiger partial charge in [-0.25, -0.2) is 9.97 Å². The smallest absolute Gasteiger partial charge is 0.234 e. The fourth-order valence-corrected chi connectivity index (χ4v) is 5.34. The molecule has 0 atom stereocenters. The molecule has 128 valence electrons. The second-order valence-corrected chi connectivity index (χ2v) is 8.35. The Bertz CT molecular complexity index is 965. The molecule has 4 rings (SSSR count). The second-order valence-electron chi connectivity index (χ2n) is 6.30. The molecular weight excluding hydrogens is 350 g/mol. The molecule has 1 aliphatic rings. The number of benzene rings is 1. The maximum absolute atomic E-state index is 12.4. The number of aromatic nitrogens is 2. The summed E-state index contributed by atoms with van der Waals surface area (Å²) in [6, 6.07) is 5.96. The lowest BCUT2D eigenvalue weighted by molar-refractivity contribution is -0.113. The Hall–Kier alpha value is -1.92. The van der Waals surface area contributed by atoms with Gasteiger partial charge >= 0.3 is 0 Å². The van der Waals surface area contributed by atoms with Gasteiger partial charge in [-0.1, -0.05) is 23.9 Å². The van der Waals surface area contributed by atoms with Crippen LogP contribution >= 0.6 is 23.1 Å². The van der Waals surface area contributed by atoms with Gasteiger partial charge in [-0.15, -0.1) is 11.3 Å². The number of nitrogens with zero attached hydrogens (tertiary/aromatic N) is 2. The first-order valence-corrected chi connectivity index (χ1v) is 10.2. The van der Waals surface area contributed by atoms with Crippen LogP contribution in [0.25, 0.3) is 10.2 Å². The van der Waals surface area contributed by atoms with Crippen LogP contribution in [-0.4, -0.2) is 21.6 Å². The molecule has 0 saturated heterocycles. The molecule has 1 aliphatic carbocycles. The van der Waals surface area contributed by atoms with E-state index in [-0.39, 0.29) is 5.91 Å². The molecule has 0 fully saturated rings. The van der Waals surface area contributed by atoms with Crippen molar-refractivity contribution in [2.75, 3.05) is 11.1 Å². The van der Waals surface area contributed by atoms with Crippen molar-refractivity contribution in [3.63, 3.8) is 0 Å². The number of carbonyl (C=O) groups is 1. The van der Waals surface area contributed by atoms with Crippen molar-refractivity contribution in [1.29, 1.82) is 0 Å². The Morgan fingerprint density at radius 1 is 1.28 bits per heavy atom. The number of rotatable bonds is 4. The number of hydrogen-bond donors (Lipinski definition) is 1. The van der Waals surface area contributed by atoms with Crippen molar-refractivity contribution >= 4 is 44.9 Å². The molecule has 1 amide bonds. The van der Waals surface area contributed by atoms with Gasteiger partial charge in [0.25, 0.3) is 0 Å². The zero-order valence-electron chi connectivity index (χ0n) is 14.3. The summed E-state index contributed by atoms with van der Waals surface area (Å²) in [4.78, 5) is 23.7. The first-order chi connectivity index (χ1) is 12.1. The molecule has 0 radical (unpaired) electrons. The summed E-state index contributed by atoms with van der Waals surface area (Å²) in [5.74, 6) is 0.349. The van der Waals surface area contributed by atoms with Crippen LogP contribution in [0.5, 0.6) is 0 Å². The van der Waals surface area contributed by atoms with Gasteiger partial charge in [-0.2, -0.15) is 0 Å². The SMILES string of the molecule is Cc1cccc(NC(=O)CSc2ncnc3sc4c(c23)CCC4)c1C. The van der Waals surface area contributed by atoms with Gasteiger partial charge in [-0.05, 0) is 55.9 Å². The monoisotopic (exact) mass is 369 g/mol. The highest BCUT2D eigenvalue weighted by molar-refractivity contribution is 8.00. The number of aryl methyl sites for hydroxylation is 3. The maximum Gasteiger partial charge on any atom is 0.234 e. The van der Waals surface area contributed by atoms with E-state index in [1.165, 1.54) is 39.6 Å². The van der Waals surface area contributed by atoms with Crippen LogP contribution in [0.1, 0.15) is 28.0 Å². The summed E-state index contributed by atoms with van der Waals surface area (Å²) in [6.45, 7) is 4.08. The molecule has 25 heavy (non-hydrogen) atoms. The number of carbonyl (C=O) groups excluding carboxylic acids is 1. The lowest BCUT2D eigenvalue weighted by atomic mass is 10.1. The van der Waals surface area contributed by atoms with Gasteiger partial charge in [0.05, 0.1) is 5.75 Å². The van der Waals surface area contributed by atoms with Crippen LogP contribution in [0.3, 0.4) is 0 Å². The zero-order chi connectivity index (χ0) is 17.4. The molecular formula is C19H19N3OS2. The topological polar surface area (TPSA) is 54.9 Å². The molecule has 0 saturated carbocycles. The lowest BCUT2D eigenvalue weighted by Gasteiger charge is -2.10. The Labute approximate surface area is 155 Å². The Morgan fingerprint density at radius 3 is 3.04 bits per heavy atom.